The zero-order valence-electron chi connectivity index (χ0n) is 13.7. The molecule has 0 radical (unpaired) electrons. The maximum atomic E-state index is 10.8. The Morgan fingerprint density at radius 1 is 0.920 bits per heavy atom. The van der Waals surface area contributed by atoms with Crippen molar-refractivity contribution in [3.8, 4) is 0 Å². The van der Waals surface area contributed by atoms with Gasteiger partial charge < -0.3 is 5.32 Å². The number of non-ortho nitro benzene ring substituents is 1. The van der Waals surface area contributed by atoms with E-state index in [9.17, 15) is 10.1 Å². The fourth-order valence-electron chi connectivity index (χ4n) is 2.31. The van der Waals surface area contributed by atoms with Crippen molar-refractivity contribution in [2.45, 2.75) is 6.92 Å². The van der Waals surface area contributed by atoms with Gasteiger partial charge in [-0.1, -0.05) is 48.0 Å². The molecule has 3 aromatic rings. The zero-order chi connectivity index (χ0) is 17.6. The molecule has 3 aromatic carbocycles. The normalized spacial score (nSPS) is 11.2. The Hall–Kier alpha value is -3.47. The molecule has 0 fully saturated rings. The van der Waals surface area contributed by atoms with Gasteiger partial charge in [-0.15, -0.1) is 0 Å². The average molecular weight is 331 g/mol. The summed E-state index contributed by atoms with van der Waals surface area (Å²) >= 11 is 0. The minimum absolute atomic E-state index is 0.0479. The van der Waals surface area contributed by atoms with E-state index in [0.717, 1.165) is 11.3 Å². The molecule has 0 unspecified atom stereocenters. The third-order valence-corrected chi connectivity index (χ3v) is 3.66. The molecule has 1 N–H and O–H groups in total. The smallest absolute Gasteiger partial charge is 0.269 e. The number of nitro groups is 1. The van der Waals surface area contributed by atoms with Gasteiger partial charge >= 0.3 is 0 Å². The first kappa shape index (κ1) is 16.4. The molecule has 0 aliphatic heterocycles. The van der Waals surface area contributed by atoms with Crippen molar-refractivity contribution in [1.29, 1.82) is 0 Å². The predicted molar refractivity (Wildman–Crippen MR) is 101 cm³/mol. The number of amidine groups is 1. The molecule has 0 saturated heterocycles. The van der Waals surface area contributed by atoms with Crippen LogP contribution in [0.25, 0.3) is 0 Å². The van der Waals surface area contributed by atoms with Crippen molar-refractivity contribution in [2.24, 2.45) is 4.99 Å². The summed E-state index contributed by atoms with van der Waals surface area (Å²) in [7, 11) is 0. The second-order valence-corrected chi connectivity index (χ2v) is 5.59. The van der Waals surface area contributed by atoms with E-state index < -0.39 is 4.92 Å². The second-order valence-electron chi connectivity index (χ2n) is 5.59. The fraction of sp³-hybridized carbons (Fsp3) is 0.0500. The Kier molecular flexibility index (Phi) is 4.85. The highest BCUT2D eigenvalue weighted by atomic mass is 16.6. The first-order valence-corrected chi connectivity index (χ1v) is 7.84. The number of aryl methyl sites for hydroxylation is 1. The second kappa shape index (κ2) is 7.40. The number of nitro benzene ring substituents is 1. The van der Waals surface area contributed by atoms with Gasteiger partial charge in [0, 0.05) is 23.4 Å². The highest BCUT2D eigenvalue weighted by molar-refractivity contribution is 6.09. The Balaban J connectivity index is 1.95. The van der Waals surface area contributed by atoms with Crippen LogP contribution in [0.2, 0.25) is 0 Å². The highest BCUT2D eigenvalue weighted by Crippen LogP contribution is 2.20. The van der Waals surface area contributed by atoms with Gasteiger partial charge in [0.1, 0.15) is 5.84 Å². The van der Waals surface area contributed by atoms with Gasteiger partial charge in [-0.3, -0.25) is 10.1 Å². The van der Waals surface area contributed by atoms with Crippen LogP contribution in [0.1, 0.15) is 11.1 Å². The van der Waals surface area contributed by atoms with Crippen LogP contribution in [0.15, 0.2) is 83.9 Å². The van der Waals surface area contributed by atoms with E-state index in [2.05, 4.69) is 10.3 Å². The lowest BCUT2D eigenvalue weighted by molar-refractivity contribution is -0.384. The maximum absolute atomic E-state index is 10.8. The number of nitrogens with one attached hydrogen (secondary N) is 1. The summed E-state index contributed by atoms with van der Waals surface area (Å²) in [5.41, 5.74) is 3.73. The molecule has 0 aliphatic rings. The minimum atomic E-state index is -0.420. The molecule has 3 rings (SSSR count). The zero-order valence-corrected chi connectivity index (χ0v) is 13.7. The standard InChI is InChI=1S/C20H17N3O2/c1-15-7-9-17(10-8-15)21-20(16-5-3-2-4-6-16)22-18-11-13-19(14-12-18)23(24)25/h2-14H,1H3,(H,21,22). The molecule has 0 spiro atoms. The van der Waals surface area contributed by atoms with Gasteiger partial charge in [0.05, 0.1) is 10.6 Å². The van der Waals surface area contributed by atoms with Crippen molar-refractivity contribution >= 4 is 22.9 Å². The molecule has 0 heterocycles. The van der Waals surface area contributed by atoms with Crippen molar-refractivity contribution in [2.75, 3.05) is 5.32 Å². The summed E-state index contributed by atoms with van der Waals surface area (Å²) in [6.45, 7) is 2.03. The lowest BCUT2D eigenvalue weighted by Crippen LogP contribution is -2.13. The number of nitrogens with zero attached hydrogens (tertiary/aromatic N) is 2. The van der Waals surface area contributed by atoms with E-state index in [0.29, 0.717) is 11.5 Å². The van der Waals surface area contributed by atoms with Crippen LogP contribution in [0.5, 0.6) is 0 Å². The first-order chi connectivity index (χ1) is 12.1. The van der Waals surface area contributed by atoms with Gasteiger partial charge in [0.25, 0.3) is 5.69 Å². The Morgan fingerprint density at radius 2 is 1.56 bits per heavy atom. The van der Waals surface area contributed by atoms with E-state index >= 15 is 0 Å². The monoisotopic (exact) mass is 331 g/mol. The number of hydrogen-bond donors (Lipinski definition) is 1. The summed E-state index contributed by atoms with van der Waals surface area (Å²) in [6.07, 6.45) is 0. The largest absolute Gasteiger partial charge is 0.340 e. The first-order valence-electron chi connectivity index (χ1n) is 7.84. The fourth-order valence-corrected chi connectivity index (χ4v) is 2.31. The molecule has 5 nitrogen and oxygen atoms in total. The topological polar surface area (TPSA) is 67.5 Å². The third-order valence-electron chi connectivity index (χ3n) is 3.66. The van der Waals surface area contributed by atoms with E-state index in [1.54, 1.807) is 12.1 Å². The molecule has 0 saturated carbocycles. The molecular weight excluding hydrogens is 314 g/mol. The molecule has 25 heavy (non-hydrogen) atoms. The number of anilines is 1. The number of rotatable bonds is 4. The van der Waals surface area contributed by atoms with Crippen LogP contribution < -0.4 is 5.32 Å². The van der Waals surface area contributed by atoms with Crippen LogP contribution in [-0.4, -0.2) is 10.8 Å². The number of benzene rings is 3. The molecule has 124 valence electrons. The molecule has 0 amide bonds. The van der Waals surface area contributed by atoms with Gasteiger partial charge in [-0.2, -0.15) is 0 Å². The Morgan fingerprint density at radius 3 is 2.16 bits per heavy atom. The van der Waals surface area contributed by atoms with Crippen LogP contribution in [0, 0.1) is 17.0 Å². The summed E-state index contributed by atoms with van der Waals surface area (Å²) in [5, 5.41) is 14.1. The van der Waals surface area contributed by atoms with Crippen molar-refractivity contribution in [1.82, 2.24) is 0 Å². The van der Waals surface area contributed by atoms with Crippen LogP contribution in [-0.2, 0) is 0 Å². The van der Waals surface area contributed by atoms with Gasteiger partial charge in [-0.05, 0) is 31.2 Å². The summed E-state index contributed by atoms with van der Waals surface area (Å²) < 4.78 is 0. The van der Waals surface area contributed by atoms with Crippen LogP contribution in [0.3, 0.4) is 0 Å². The summed E-state index contributed by atoms with van der Waals surface area (Å²) in [5.74, 6) is 0.679. The lowest BCUT2D eigenvalue weighted by Gasteiger charge is -2.11. The Labute approximate surface area is 145 Å². The predicted octanol–water partition coefficient (Wildman–Crippen LogP) is 5.09. The van der Waals surface area contributed by atoms with Crippen molar-refractivity contribution in [3.63, 3.8) is 0 Å². The van der Waals surface area contributed by atoms with Crippen LogP contribution >= 0.6 is 0 Å². The van der Waals surface area contributed by atoms with Gasteiger partial charge in [0.15, 0.2) is 0 Å². The number of hydrogen-bond acceptors (Lipinski definition) is 3. The SMILES string of the molecule is Cc1ccc(NC(=Nc2ccc([N+](=O)[O-])cc2)c2ccccc2)cc1. The van der Waals surface area contributed by atoms with E-state index in [-0.39, 0.29) is 5.69 Å². The van der Waals surface area contributed by atoms with E-state index in [1.165, 1.54) is 17.7 Å². The van der Waals surface area contributed by atoms with Crippen molar-refractivity contribution in [3.05, 3.63) is 100 Å². The van der Waals surface area contributed by atoms with Gasteiger partial charge in [-0.25, -0.2) is 4.99 Å². The molecule has 0 aromatic heterocycles. The number of aliphatic imine (C=N–C) groups is 1. The molecular formula is C20H17N3O2. The van der Waals surface area contributed by atoms with Gasteiger partial charge in [0.2, 0.25) is 0 Å². The maximum Gasteiger partial charge on any atom is 0.269 e. The molecule has 0 bridgehead atoms. The molecule has 5 heteroatoms. The minimum Gasteiger partial charge on any atom is -0.340 e. The van der Waals surface area contributed by atoms with Crippen molar-refractivity contribution < 1.29 is 4.92 Å². The highest BCUT2D eigenvalue weighted by Gasteiger charge is 2.07. The van der Waals surface area contributed by atoms with Crippen LogP contribution in [0.4, 0.5) is 17.1 Å². The van der Waals surface area contributed by atoms with E-state index in [1.807, 2.05) is 61.5 Å². The quantitative estimate of drug-likeness (QED) is 0.313. The molecule has 0 atom stereocenters. The summed E-state index contributed by atoms with van der Waals surface area (Å²) in [6, 6.07) is 24.0. The van der Waals surface area contributed by atoms with E-state index in [4.69, 9.17) is 0 Å². The lowest BCUT2D eigenvalue weighted by atomic mass is 10.2. The average Bonchev–Trinajstić information content (AvgIpc) is 2.64. The molecule has 0 aliphatic carbocycles. The summed E-state index contributed by atoms with van der Waals surface area (Å²) in [4.78, 5) is 15.0. The third kappa shape index (κ3) is 4.29. The Bertz CT molecular complexity index is 886.